The first-order chi connectivity index (χ1) is 14.5. The topological polar surface area (TPSA) is 49.3 Å². The molecule has 4 rings (SSSR count). The van der Waals surface area contributed by atoms with Gasteiger partial charge in [-0.2, -0.15) is 0 Å². The number of fused-ring (bicyclic) bond motifs is 1. The molecule has 0 aliphatic carbocycles. The number of aromatic nitrogens is 2. The molecule has 1 aliphatic heterocycles. The third kappa shape index (κ3) is 3.63. The maximum Gasteiger partial charge on any atom is 0.246 e. The molecule has 1 fully saturated rings. The number of amides is 1. The van der Waals surface area contributed by atoms with E-state index in [2.05, 4.69) is 21.4 Å². The standard InChI is InChI=1S/C23H22ClFN4O/c1-3-22(30)29-9-8-28(13-15(29)2)23-19-10-20(24)18(11-21(19)26-14-27-23)17-7-5-4-6-16(17)12-25/h3-7,10-11,14-15H,1,8-9,12-13H2,2H3. The van der Waals surface area contributed by atoms with Crippen molar-refractivity contribution in [1.82, 2.24) is 14.9 Å². The van der Waals surface area contributed by atoms with Crippen molar-refractivity contribution < 1.29 is 9.18 Å². The van der Waals surface area contributed by atoms with E-state index in [0.717, 1.165) is 27.8 Å². The van der Waals surface area contributed by atoms with Crippen LogP contribution >= 0.6 is 11.6 Å². The Kier molecular flexibility index (Phi) is 5.68. The Morgan fingerprint density at radius 2 is 2.07 bits per heavy atom. The average molecular weight is 425 g/mol. The van der Waals surface area contributed by atoms with Gasteiger partial charge in [-0.05, 0) is 36.3 Å². The minimum atomic E-state index is -0.564. The van der Waals surface area contributed by atoms with Crippen molar-refractivity contribution in [2.24, 2.45) is 0 Å². The lowest BCUT2D eigenvalue weighted by Crippen LogP contribution is -2.54. The number of carbonyl (C=O) groups excluding carboxylic acids is 1. The lowest BCUT2D eigenvalue weighted by Gasteiger charge is -2.40. The fraction of sp³-hybridized carbons (Fsp3) is 0.261. The van der Waals surface area contributed by atoms with Gasteiger partial charge in [-0.3, -0.25) is 4.79 Å². The molecule has 1 aromatic heterocycles. The van der Waals surface area contributed by atoms with Crippen molar-refractivity contribution in [3.05, 3.63) is 66.0 Å². The van der Waals surface area contributed by atoms with Gasteiger partial charge in [0.15, 0.2) is 0 Å². The molecule has 1 aliphatic rings. The third-order valence-corrected chi connectivity index (χ3v) is 5.85. The minimum absolute atomic E-state index is 0.0282. The number of rotatable bonds is 4. The zero-order valence-corrected chi connectivity index (χ0v) is 17.4. The van der Waals surface area contributed by atoms with Crippen LogP contribution in [-0.4, -0.2) is 46.5 Å². The van der Waals surface area contributed by atoms with Crippen LogP contribution in [0.2, 0.25) is 5.02 Å². The summed E-state index contributed by atoms with van der Waals surface area (Å²) in [4.78, 5) is 24.9. The molecule has 1 saturated heterocycles. The van der Waals surface area contributed by atoms with Gasteiger partial charge >= 0.3 is 0 Å². The van der Waals surface area contributed by atoms with Gasteiger partial charge in [0.25, 0.3) is 0 Å². The van der Waals surface area contributed by atoms with Gasteiger partial charge in [0.2, 0.25) is 5.91 Å². The summed E-state index contributed by atoms with van der Waals surface area (Å²) in [5.74, 6) is 0.721. The Hall–Kier alpha value is -2.99. The van der Waals surface area contributed by atoms with Crippen LogP contribution < -0.4 is 4.90 Å². The van der Waals surface area contributed by atoms with E-state index in [1.54, 1.807) is 6.07 Å². The number of nitrogens with zero attached hydrogens (tertiary/aromatic N) is 4. The van der Waals surface area contributed by atoms with Crippen LogP contribution in [-0.2, 0) is 11.5 Å². The number of piperazine rings is 1. The number of carbonyl (C=O) groups is 1. The third-order valence-electron chi connectivity index (χ3n) is 5.54. The summed E-state index contributed by atoms with van der Waals surface area (Å²) >= 11 is 6.63. The van der Waals surface area contributed by atoms with Crippen molar-refractivity contribution in [2.75, 3.05) is 24.5 Å². The zero-order chi connectivity index (χ0) is 21.3. The molecule has 3 aromatic rings. The molecule has 0 saturated carbocycles. The lowest BCUT2D eigenvalue weighted by atomic mass is 9.99. The van der Waals surface area contributed by atoms with E-state index in [1.165, 1.54) is 12.4 Å². The molecular weight excluding hydrogens is 403 g/mol. The summed E-state index contributed by atoms with van der Waals surface area (Å²) in [6.45, 7) is 6.92. The van der Waals surface area contributed by atoms with E-state index in [9.17, 15) is 9.18 Å². The van der Waals surface area contributed by atoms with Crippen LogP contribution in [0.4, 0.5) is 10.2 Å². The lowest BCUT2D eigenvalue weighted by molar-refractivity contribution is -0.128. The Morgan fingerprint density at radius 1 is 1.27 bits per heavy atom. The fourth-order valence-corrected chi connectivity index (χ4v) is 4.28. The average Bonchev–Trinajstić information content (AvgIpc) is 2.77. The molecule has 0 radical (unpaired) electrons. The predicted molar refractivity (Wildman–Crippen MR) is 118 cm³/mol. The van der Waals surface area contributed by atoms with Crippen LogP contribution in [0.25, 0.3) is 22.0 Å². The SMILES string of the molecule is C=CC(=O)N1CCN(c2ncnc3cc(-c4ccccc4CF)c(Cl)cc23)CC1C. The smallest absolute Gasteiger partial charge is 0.246 e. The van der Waals surface area contributed by atoms with Gasteiger partial charge in [-0.25, -0.2) is 14.4 Å². The van der Waals surface area contributed by atoms with Crippen molar-refractivity contribution in [3.8, 4) is 11.1 Å². The second-order valence-electron chi connectivity index (χ2n) is 7.37. The molecular formula is C23H22ClFN4O. The molecule has 1 atom stereocenters. The highest BCUT2D eigenvalue weighted by Gasteiger charge is 2.28. The van der Waals surface area contributed by atoms with Gasteiger partial charge in [-0.15, -0.1) is 0 Å². The highest BCUT2D eigenvalue weighted by molar-refractivity contribution is 6.34. The summed E-state index contributed by atoms with van der Waals surface area (Å²) in [5.41, 5.74) is 2.84. The van der Waals surface area contributed by atoms with Gasteiger partial charge in [0.1, 0.15) is 18.8 Å². The van der Waals surface area contributed by atoms with Crippen molar-refractivity contribution in [1.29, 1.82) is 0 Å². The Morgan fingerprint density at radius 3 is 2.80 bits per heavy atom. The first-order valence-corrected chi connectivity index (χ1v) is 10.2. The molecule has 0 bridgehead atoms. The normalized spacial score (nSPS) is 16.7. The summed E-state index contributed by atoms with van der Waals surface area (Å²) < 4.78 is 13.5. The van der Waals surface area contributed by atoms with Gasteiger partial charge < -0.3 is 9.80 Å². The van der Waals surface area contributed by atoms with Gasteiger partial charge in [0, 0.05) is 41.6 Å². The summed E-state index contributed by atoms with van der Waals surface area (Å²) in [6, 6.07) is 11.1. The second-order valence-corrected chi connectivity index (χ2v) is 7.78. The van der Waals surface area contributed by atoms with E-state index in [4.69, 9.17) is 11.6 Å². The number of benzene rings is 2. The highest BCUT2D eigenvalue weighted by Crippen LogP contribution is 2.36. The van der Waals surface area contributed by atoms with E-state index < -0.39 is 6.67 Å². The summed E-state index contributed by atoms with van der Waals surface area (Å²) in [6.07, 6.45) is 2.88. The summed E-state index contributed by atoms with van der Waals surface area (Å²) in [7, 11) is 0. The first kappa shape index (κ1) is 20.3. The molecule has 0 N–H and O–H groups in total. The van der Waals surface area contributed by atoms with Crippen LogP contribution in [0, 0.1) is 0 Å². The van der Waals surface area contributed by atoms with E-state index in [1.807, 2.05) is 42.2 Å². The largest absolute Gasteiger partial charge is 0.352 e. The Labute approximate surface area is 179 Å². The Bertz CT molecular complexity index is 1120. The monoisotopic (exact) mass is 424 g/mol. The molecule has 1 amide bonds. The quantitative estimate of drug-likeness (QED) is 0.572. The summed E-state index contributed by atoms with van der Waals surface area (Å²) in [5, 5.41) is 1.35. The highest BCUT2D eigenvalue weighted by atomic mass is 35.5. The van der Waals surface area contributed by atoms with E-state index >= 15 is 0 Å². The van der Waals surface area contributed by atoms with Gasteiger partial charge in [-0.1, -0.05) is 42.4 Å². The van der Waals surface area contributed by atoms with E-state index in [0.29, 0.717) is 30.2 Å². The van der Waals surface area contributed by atoms with Crippen LogP contribution in [0.5, 0.6) is 0 Å². The molecule has 154 valence electrons. The van der Waals surface area contributed by atoms with Crippen molar-refractivity contribution in [3.63, 3.8) is 0 Å². The number of alkyl halides is 1. The van der Waals surface area contributed by atoms with Crippen molar-refractivity contribution >= 4 is 34.2 Å². The number of halogens is 2. The number of anilines is 1. The molecule has 0 spiro atoms. The fourth-order valence-electron chi connectivity index (χ4n) is 4.02. The maximum absolute atomic E-state index is 13.5. The molecule has 2 aromatic carbocycles. The second kappa shape index (κ2) is 8.40. The number of hydrogen-bond donors (Lipinski definition) is 0. The molecule has 5 nitrogen and oxygen atoms in total. The predicted octanol–water partition coefficient (Wildman–Crippen LogP) is 4.64. The maximum atomic E-state index is 13.5. The zero-order valence-electron chi connectivity index (χ0n) is 16.7. The van der Waals surface area contributed by atoms with E-state index in [-0.39, 0.29) is 11.9 Å². The van der Waals surface area contributed by atoms with Crippen LogP contribution in [0.3, 0.4) is 0 Å². The van der Waals surface area contributed by atoms with Crippen LogP contribution in [0.15, 0.2) is 55.4 Å². The molecule has 7 heteroatoms. The van der Waals surface area contributed by atoms with Crippen molar-refractivity contribution in [2.45, 2.75) is 19.6 Å². The minimum Gasteiger partial charge on any atom is -0.352 e. The molecule has 1 unspecified atom stereocenters. The number of hydrogen-bond acceptors (Lipinski definition) is 4. The molecule has 2 heterocycles. The first-order valence-electron chi connectivity index (χ1n) is 9.80. The van der Waals surface area contributed by atoms with Crippen LogP contribution in [0.1, 0.15) is 12.5 Å². The van der Waals surface area contributed by atoms with Gasteiger partial charge in [0.05, 0.1) is 5.52 Å². The Balaban J connectivity index is 1.73. The molecule has 30 heavy (non-hydrogen) atoms.